The summed E-state index contributed by atoms with van der Waals surface area (Å²) in [6.45, 7) is 2.03. The predicted molar refractivity (Wildman–Crippen MR) is 68.5 cm³/mol. The van der Waals surface area contributed by atoms with Crippen molar-refractivity contribution >= 4 is 11.7 Å². The molecule has 0 aliphatic carbocycles. The molecular weight excluding hydrogens is 230 g/mol. The molecule has 0 bridgehead atoms. The van der Waals surface area contributed by atoms with Crippen molar-refractivity contribution in [3.63, 3.8) is 0 Å². The van der Waals surface area contributed by atoms with Gasteiger partial charge in [-0.1, -0.05) is 25.1 Å². The molecule has 1 aromatic heterocycles. The van der Waals surface area contributed by atoms with Gasteiger partial charge in [-0.2, -0.15) is 5.10 Å². The van der Waals surface area contributed by atoms with Gasteiger partial charge in [0.2, 0.25) is 0 Å². The first-order valence-electron chi connectivity index (χ1n) is 5.79. The Labute approximate surface area is 105 Å². The van der Waals surface area contributed by atoms with E-state index in [-0.39, 0.29) is 12.5 Å². The van der Waals surface area contributed by atoms with Gasteiger partial charge in [-0.25, -0.2) is 0 Å². The quantitative estimate of drug-likeness (QED) is 0.846. The zero-order valence-corrected chi connectivity index (χ0v) is 10.1. The van der Waals surface area contributed by atoms with E-state index in [0.717, 1.165) is 17.7 Å². The third kappa shape index (κ3) is 3.10. The highest BCUT2D eigenvalue weighted by atomic mass is 16.5. The van der Waals surface area contributed by atoms with E-state index in [1.54, 1.807) is 12.3 Å². The number of aromatic nitrogens is 2. The molecule has 94 valence electrons. The minimum Gasteiger partial charge on any atom is -0.483 e. The zero-order valence-electron chi connectivity index (χ0n) is 10.1. The maximum Gasteiger partial charge on any atom is 0.263 e. The average molecular weight is 245 g/mol. The second kappa shape index (κ2) is 5.86. The van der Waals surface area contributed by atoms with Gasteiger partial charge in [0.15, 0.2) is 6.61 Å². The van der Waals surface area contributed by atoms with E-state index in [1.807, 2.05) is 31.2 Å². The summed E-state index contributed by atoms with van der Waals surface area (Å²) in [6.07, 6.45) is 2.45. The Morgan fingerprint density at radius 2 is 2.22 bits per heavy atom. The van der Waals surface area contributed by atoms with E-state index in [9.17, 15) is 4.79 Å². The van der Waals surface area contributed by atoms with E-state index < -0.39 is 0 Å². The molecule has 1 aromatic carbocycles. The van der Waals surface area contributed by atoms with Crippen LogP contribution in [0.15, 0.2) is 36.5 Å². The number of hydrogen-bond donors (Lipinski definition) is 2. The van der Waals surface area contributed by atoms with Crippen LogP contribution in [0.5, 0.6) is 5.75 Å². The lowest BCUT2D eigenvalue weighted by molar-refractivity contribution is -0.118. The molecule has 0 fully saturated rings. The highest BCUT2D eigenvalue weighted by Gasteiger charge is 2.06. The number of hydrogen-bond acceptors (Lipinski definition) is 3. The van der Waals surface area contributed by atoms with Crippen LogP contribution in [0.2, 0.25) is 0 Å². The highest BCUT2D eigenvalue weighted by Crippen LogP contribution is 2.18. The fourth-order valence-corrected chi connectivity index (χ4v) is 1.59. The molecule has 0 spiro atoms. The molecule has 5 nitrogen and oxygen atoms in total. The first-order valence-corrected chi connectivity index (χ1v) is 5.79. The van der Waals surface area contributed by atoms with Crippen molar-refractivity contribution < 1.29 is 9.53 Å². The number of carbonyl (C=O) groups excluding carboxylic acids is 1. The predicted octanol–water partition coefficient (Wildman–Crippen LogP) is 1.99. The van der Waals surface area contributed by atoms with Crippen molar-refractivity contribution in [3.05, 3.63) is 42.1 Å². The number of nitrogens with zero attached hydrogens (tertiary/aromatic N) is 1. The zero-order chi connectivity index (χ0) is 12.8. The number of carbonyl (C=O) groups is 1. The normalized spacial score (nSPS) is 10.1. The number of aromatic amines is 1. The van der Waals surface area contributed by atoms with Crippen LogP contribution >= 0.6 is 0 Å². The number of benzene rings is 1. The van der Waals surface area contributed by atoms with Gasteiger partial charge < -0.3 is 10.1 Å². The molecule has 0 aliphatic rings. The number of H-pyrrole nitrogens is 1. The van der Waals surface area contributed by atoms with Gasteiger partial charge in [0.1, 0.15) is 11.6 Å². The number of aryl methyl sites for hydroxylation is 1. The molecule has 5 heteroatoms. The van der Waals surface area contributed by atoms with Crippen LogP contribution in [0.25, 0.3) is 0 Å². The number of nitrogens with one attached hydrogen (secondary N) is 2. The second-order valence-corrected chi connectivity index (χ2v) is 3.77. The van der Waals surface area contributed by atoms with Crippen molar-refractivity contribution in [2.75, 3.05) is 11.9 Å². The van der Waals surface area contributed by atoms with Gasteiger partial charge in [-0.15, -0.1) is 0 Å². The third-order valence-electron chi connectivity index (χ3n) is 2.49. The maximum atomic E-state index is 11.6. The molecule has 0 saturated carbocycles. The topological polar surface area (TPSA) is 67.0 Å². The summed E-state index contributed by atoms with van der Waals surface area (Å²) in [5, 5.41) is 9.04. The minimum absolute atomic E-state index is 0.0178. The monoisotopic (exact) mass is 245 g/mol. The van der Waals surface area contributed by atoms with Crippen LogP contribution < -0.4 is 10.1 Å². The van der Waals surface area contributed by atoms with Gasteiger partial charge >= 0.3 is 0 Å². The van der Waals surface area contributed by atoms with Crippen LogP contribution in [0, 0.1) is 0 Å². The van der Waals surface area contributed by atoms with Gasteiger partial charge in [-0.3, -0.25) is 9.89 Å². The highest BCUT2D eigenvalue weighted by molar-refractivity contribution is 5.90. The lowest BCUT2D eigenvalue weighted by atomic mass is 10.1. The fourth-order valence-electron chi connectivity index (χ4n) is 1.59. The number of para-hydroxylation sites is 1. The van der Waals surface area contributed by atoms with Crippen molar-refractivity contribution in [3.8, 4) is 5.75 Å². The molecule has 0 atom stereocenters. The Morgan fingerprint density at radius 3 is 2.94 bits per heavy atom. The van der Waals surface area contributed by atoms with Gasteiger partial charge in [0.05, 0.1) is 6.20 Å². The minimum atomic E-state index is -0.217. The Bertz CT molecular complexity index is 509. The molecule has 0 unspecified atom stereocenters. The van der Waals surface area contributed by atoms with E-state index >= 15 is 0 Å². The van der Waals surface area contributed by atoms with Gasteiger partial charge in [0, 0.05) is 6.07 Å². The Balaban J connectivity index is 1.89. The maximum absolute atomic E-state index is 11.6. The summed E-state index contributed by atoms with van der Waals surface area (Å²) in [6, 6.07) is 9.37. The van der Waals surface area contributed by atoms with Crippen molar-refractivity contribution in [1.29, 1.82) is 0 Å². The first kappa shape index (κ1) is 12.2. The summed E-state index contributed by atoms with van der Waals surface area (Å²) >= 11 is 0. The first-order chi connectivity index (χ1) is 8.79. The van der Waals surface area contributed by atoms with Gasteiger partial charge in [0.25, 0.3) is 5.91 Å². The molecule has 2 N–H and O–H groups in total. The molecule has 18 heavy (non-hydrogen) atoms. The summed E-state index contributed by atoms with van der Waals surface area (Å²) in [4.78, 5) is 11.6. The van der Waals surface area contributed by atoms with Crippen molar-refractivity contribution in [2.45, 2.75) is 13.3 Å². The number of anilines is 1. The summed E-state index contributed by atoms with van der Waals surface area (Å²) in [5.74, 6) is 1.09. The standard InChI is InChI=1S/C13H15N3O2/c1-2-10-5-3-4-6-11(10)18-9-13(17)15-12-7-8-14-16-12/h3-8H,2,9H2,1H3,(H2,14,15,16,17). The second-order valence-electron chi connectivity index (χ2n) is 3.77. The van der Waals surface area contributed by atoms with Crippen LogP contribution in [-0.2, 0) is 11.2 Å². The van der Waals surface area contributed by atoms with E-state index in [0.29, 0.717) is 5.82 Å². The van der Waals surface area contributed by atoms with Crippen LogP contribution in [0.1, 0.15) is 12.5 Å². The molecule has 0 radical (unpaired) electrons. The summed E-state index contributed by atoms with van der Waals surface area (Å²) in [5.41, 5.74) is 1.09. The van der Waals surface area contributed by atoms with Crippen LogP contribution in [0.4, 0.5) is 5.82 Å². The molecule has 0 aliphatic heterocycles. The Kier molecular flexibility index (Phi) is 3.96. The number of rotatable bonds is 5. The third-order valence-corrected chi connectivity index (χ3v) is 2.49. The van der Waals surface area contributed by atoms with E-state index in [1.165, 1.54) is 0 Å². The van der Waals surface area contributed by atoms with Crippen LogP contribution in [0.3, 0.4) is 0 Å². The number of amides is 1. The molecule has 2 aromatic rings. The summed E-state index contributed by atoms with van der Waals surface area (Å²) in [7, 11) is 0. The lowest BCUT2D eigenvalue weighted by Gasteiger charge is -2.09. The molecule has 0 saturated heterocycles. The Morgan fingerprint density at radius 1 is 1.39 bits per heavy atom. The van der Waals surface area contributed by atoms with E-state index in [2.05, 4.69) is 15.5 Å². The Hall–Kier alpha value is -2.30. The molecule has 2 rings (SSSR count). The van der Waals surface area contributed by atoms with Crippen LogP contribution in [-0.4, -0.2) is 22.7 Å². The fraction of sp³-hybridized carbons (Fsp3) is 0.231. The summed E-state index contributed by atoms with van der Waals surface area (Å²) < 4.78 is 5.49. The van der Waals surface area contributed by atoms with Crippen molar-refractivity contribution in [1.82, 2.24) is 10.2 Å². The molecule has 1 amide bonds. The number of ether oxygens (including phenoxy) is 1. The molecule has 1 heterocycles. The average Bonchev–Trinajstić information content (AvgIpc) is 2.89. The van der Waals surface area contributed by atoms with E-state index in [4.69, 9.17) is 4.74 Å². The smallest absolute Gasteiger partial charge is 0.263 e. The lowest BCUT2D eigenvalue weighted by Crippen LogP contribution is -2.20. The SMILES string of the molecule is CCc1ccccc1OCC(=O)Nc1ccn[nH]1. The van der Waals surface area contributed by atoms with Crippen molar-refractivity contribution in [2.24, 2.45) is 0 Å². The molecular formula is C13H15N3O2. The largest absolute Gasteiger partial charge is 0.483 e. The van der Waals surface area contributed by atoms with Gasteiger partial charge in [-0.05, 0) is 18.1 Å².